The van der Waals surface area contributed by atoms with Crippen molar-refractivity contribution in [3.63, 3.8) is 0 Å². The monoisotopic (exact) mass is 390 g/mol. The molecular formula is C22H18N2O5. The maximum absolute atomic E-state index is 12.5. The molecule has 29 heavy (non-hydrogen) atoms. The molecular weight excluding hydrogens is 372 g/mol. The van der Waals surface area contributed by atoms with E-state index in [4.69, 9.17) is 9.15 Å². The molecule has 0 radical (unpaired) electrons. The second kappa shape index (κ2) is 8.02. The Bertz CT molecular complexity index is 1060. The second-order valence-electron chi connectivity index (χ2n) is 6.60. The van der Waals surface area contributed by atoms with Crippen molar-refractivity contribution in [1.82, 2.24) is 5.32 Å². The molecule has 3 aromatic rings. The highest BCUT2D eigenvalue weighted by molar-refractivity contribution is 6.02. The van der Waals surface area contributed by atoms with Gasteiger partial charge in [0, 0.05) is 18.7 Å². The number of amides is 2. The van der Waals surface area contributed by atoms with E-state index in [0.717, 1.165) is 11.1 Å². The molecule has 1 unspecified atom stereocenters. The lowest BCUT2D eigenvalue weighted by molar-refractivity contribution is -0.130. The first kappa shape index (κ1) is 18.5. The van der Waals surface area contributed by atoms with Crippen molar-refractivity contribution in [2.45, 2.75) is 19.1 Å². The van der Waals surface area contributed by atoms with Crippen LogP contribution in [0.15, 0.2) is 71.3 Å². The van der Waals surface area contributed by atoms with Gasteiger partial charge in [0.05, 0.1) is 11.8 Å². The van der Waals surface area contributed by atoms with Crippen LogP contribution in [0.1, 0.15) is 32.0 Å². The Kier molecular flexibility index (Phi) is 5.11. The number of cyclic esters (lactones) is 1. The summed E-state index contributed by atoms with van der Waals surface area (Å²) in [6.07, 6.45) is 0.906. The summed E-state index contributed by atoms with van der Waals surface area (Å²) in [6, 6.07) is 17.4. The first-order valence-corrected chi connectivity index (χ1v) is 9.10. The normalized spacial score (nSPS) is 15.2. The fourth-order valence-corrected chi connectivity index (χ4v) is 3.14. The summed E-state index contributed by atoms with van der Waals surface area (Å²) in [5.41, 5.74) is 2.66. The number of furan rings is 1. The Morgan fingerprint density at radius 1 is 1.03 bits per heavy atom. The number of carbonyl (C=O) groups is 3. The molecule has 2 heterocycles. The third-order valence-electron chi connectivity index (χ3n) is 4.58. The summed E-state index contributed by atoms with van der Waals surface area (Å²) >= 11 is 0. The van der Waals surface area contributed by atoms with Gasteiger partial charge in [-0.05, 0) is 41.5 Å². The minimum Gasteiger partial charge on any atom is -0.459 e. The van der Waals surface area contributed by atoms with Crippen molar-refractivity contribution in [1.29, 1.82) is 0 Å². The Balaban J connectivity index is 1.36. The standard InChI is InChI=1S/C22H18N2O5/c25-20(19-12-15-6-1-2-8-17(15)22(27)29-19)23-13-14-5-3-7-16(11-14)24-21(26)18-9-4-10-28-18/h1-11,19H,12-13H2,(H,23,25)(H,24,26). The van der Waals surface area contributed by atoms with Gasteiger partial charge in [-0.25, -0.2) is 4.79 Å². The smallest absolute Gasteiger partial charge is 0.339 e. The maximum atomic E-state index is 12.5. The molecule has 146 valence electrons. The third kappa shape index (κ3) is 4.19. The molecule has 0 bridgehead atoms. The van der Waals surface area contributed by atoms with Gasteiger partial charge in [-0.2, -0.15) is 0 Å². The van der Waals surface area contributed by atoms with Crippen LogP contribution in [0, 0.1) is 0 Å². The zero-order valence-corrected chi connectivity index (χ0v) is 15.4. The molecule has 0 spiro atoms. The number of ether oxygens (including phenoxy) is 1. The SMILES string of the molecule is O=C(Nc1cccc(CNC(=O)C2Cc3ccccc3C(=O)O2)c1)c1ccco1. The van der Waals surface area contributed by atoms with E-state index in [2.05, 4.69) is 10.6 Å². The van der Waals surface area contributed by atoms with Crippen LogP contribution in [-0.4, -0.2) is 23.9 Å². The lowest BCUT2D eigenvalue weighted by atomic mass is 9.98. The number of hydrogen-bond acceptors (Lipinski definition) is 5. The third-order valence-corrected chi connectivity index (χ3v) is 4.58. The molecule has 2 N–H and O–H groups in total. The van der Waals surface area contributed by atoms with Crippen molar-refractivity contribution in [3.05, 3.63) is 89.4 Å². The topological polar surface area (TPSA) is 97.6 Å². The molecule has 1 atom stereocenters. The van der Waals surface area contributed by atoms with E-state index in [1.807, 2.05) is 18.2 Å². The van der Waals surface area contributed by atoms with Gasteiger partial charge in [-0.3, -0.25) is 9.59 Å². The van der Waals surface area contributed by atoms with Gasteiger partial charge in [0.15, 0.2) is 11.9 Å². The van der Waals surface area contributed by atoms with E-state index >= 15 is 0 Å². The lowest BCUT2D eigenvalue weighted by Crippen LogP contribution is -2.41. The predicted octanol–water partition coefficient (Wildman–Crippen LogP) is 2.93. The van der Waals surface area contributed by atoms with E-state index in [1.165, 1.54) is 6.26 Å². The number of anilines is 1. The van der Waals surface area contributed by atoms with E-state index in [0.29, 0.717) is 17.7 Å². The molecule has 0 saturated heterocycles. The zero-order chi connectivity index (χ0) is 20.2. The minimum atomic E-state index is -0.862. The molecule has 2 amide bonds. The fraction of sp³-hybridized carbons (Fsp3) is 0.136. The average Bonchev–Trinajstić information content (AvgIpc) is 3.27. The average molecular weight is 390 g/mol. The Morgan fingerprint density at radius 3 is 2.72 bits per heavy atom. The molecule has 0 aliphatic carbocycles. The second-order valence-corrected chi connectivity index (χ2v) is 6.60. The molecule has 1 aliphatic rings. The van der Waals surface area contributed by atoms with Gasteiger partial charge in [0.25, 0.3) is 11.8 Å². The van der Waals surface area contributed by atoms with Gasteiger partial charge in [0.1, 0.15) is 0 Å². The summed E-state index contributed by atoms with van der Waals surface area (Å²) in [5, 5.41) is 5.52. The number of rotatable bonds is 5. The summed E-state index contributed by atoms with van der Waals surface area (Å²) in [7, 11) is 0. The Hall–Kier alpha value is -3.87. The van der Waals surface area contributed by atoms with Gasteiger partial charge in [-0.15, -0.1) is 0 Å². The van der Waals surface area contributed by atoms with Crippen molar-refractivity contribution in [2.75, 3.05) is 5.32 Å². The number of fused-ring (bicyclic) bond motifs is 1. The molecule has 2 aromatic carbocycles. The molecule has 0 saturated carbocycles. The molecule has 7 heteroatoms. The quantitative estimate of drug-likeness (QED) is 0.653. The van der Waals surface area contributed by atoms with Crippen LogP contribution in [0.4, 0.5) is 5.69 Å². The summed E-state index contributed by atoms with van der Waals surface area (Å²) in [5.74, 6) is -1.00. The molecule has 7 nitrogen and oxygen atoms in total. The van der Waals surface area contributed by atoms with E-state index in [9.17, 15) is 14.4 Å². The number of hydrogen-bond donors (Lipinski definition) is 2. The maximum Gasteiger partial charge on any atom is 0.339 e. The summed E-state index contributed by atoms with van der Waals surface area (Å²) in [4.78, 5) is 36.6. The van der Waals surface area contributed by atoms with Crippen LogP contribution < -0.4 is 10.6 Å². The fourth-order valence-electron chi connectivity index (χ4n) is 3.14. The molecule has 0 fully saturated rings. The number of benzene rings is 2. The minimum absolute atomic E-state index is 0.211. The molecule has 4 rings (SSSR count). The Labute approximate surface area is 166 Å². The highest BCUT2D eigenvalue weighted by Gasteiger charge is 2.30. The van der Waals surface area contributed by atoms with Gasteiger partial charge >= 0.3 is 5.97 Å². The zero-order valence-electron chi connectivity index (χ0n) is 15.4. The first-order chi connectivity index (χ1) is 14.1. The first-order valence-electron chi connectivity index (χ1n) is 9.10. The predicted molar refractivity (Wildman–Crippen MR) is 104 cm³/mol. The van der Waals surface area contributed by atoms with Crippen LogP contribution in [0.3, 0.4) is 0 Å². The summed E-state index contributed by atoms with van der Waals surface area (Å²) in [6.45, 7) is 0.235. The molecule has 1 aromatic heterocycles. The van der Waals surface area contributed by atoms with Gasteiger partial charge in [-0.1, -0.05) is 30.3 Å². The highest BCUT2D eigenvalue weighted by Crippen LogP contribution is 2.20. The van der Waals surface area contributed by atoms with Crippen molar-refractivity contribution in [2.24, 2.45) is 0 Å². The number of nitrogens with one attached hydrogen (secondary N) is 2. The van der Waals surface area contributed by atoms with Crippen LogP contribution in [-0.2, 0) is 22.5 Å². The summed E-state index contributed by atoms with van der Waals surface area (Å²) < 4.78 is 10.3. The van der Waals surface area contributed by atoms with Crippen LogP contribution in [0.2, 0.25) is 0 Å². The van der Waals surface area contributed by atoms with E-state index < -0.39 is 12.1 Å². The van der Waals surface area contributed by atoms with Crippen LogP contribution >= 0.6 is 0 Å². The highest BCUT2D eigenvalue weighted by atomic mass is 16.5. The van der Waals surface area contributed by atoms with Crippen LogP contribution in [0.25, 0.3) is 0 Å². The number of carbonyl (C=O) groups excluding carboxylic acids is 3. The van der Waals surface area contributed by atoms with Crippen LogP contribution in [0.5, 0.6) is 0 Å². The van der Waals surface area contributed by atoms with Gasteiger partial charge < -0.3 is 19.8 Å². The lowest BCUT2D eigenvalue weighted by Gasteiger charge is -2.23. The largest absolute Gasteiger partial charge is 0.459 e. The Morgan fingerprint density at radius 2 is 1.90 bits per heavy atom. The van der Waals surface area contributed by atoms with Crippen molar-refractivity contribution >= 4 is 23.5 Å². The van der Waals surface area contributed by atoms with Gasteiger partial charge in [0.2, 0.25) is 0 Å². The molecule has 1 aliphatic heterocycles. The van der Waals surface area contributed by atoms with Crippen molar-refractivity contribution in [3.8, 4) is 0 Å². The van der Waals surface area contributed by atoms with Crippen molar-refractivity contribution < 1.29 is 23.5 Å². The number of esters is 1. The van der Waals surface area contributed by atoms with E-state index in [1.54, 1.807) is 42.5 Å². The van der Waals surface area contributed by atoms with E-state index in [-0.39, 0.29) is 24.1 Å².